The van der Waals surface area contributed by atoms with Crippen molar-refractivity contribution in [1.29, 1.82) is 0 Å². The highest BCUT2D eigenvalue weighted by Gasteiger charge is 2.41. The second-order valence-electron chi connectivity index (χ2n) is 7.26. The van der Waals surface area contributed by atoms with Crippen LogP contribution in [0.15, 0.2) is 0 Å². The highest BCUT2D eigenvalue weighted by molar-refractivity contribution is 4.94. The summed E-state index contributed by atoms with van der Waals surface area (Å²) in [5.74, 6) is 0. The third-order valence-corrected chi connectivity index (χ3v) is 5.80. The Bertz CT molecular complexity index is 317. The van der Waals surface area contributed by atoms with E-state index < -0.39 is 0 Å². The molecule has 3 fully saturated rings. The largest absolute Gasteiger partial charge is 0.375 e. The zero-order valence-corrected chi connectivity index (χ0v) is 13.6. The van der Waals surface area contributed by atoms with Crippen molar-refractivity contribution in [2.45, 2.75) is 63.0 Å². The van der Waals surface area contributed by atoms with Gasteiger partial charge in [-0.05, 0) is 64.7 Å². The molecular formula is C17H33N3O. The molecule has 2 aliphatic heterocycles. The predicted molar refractivity (Wildman–Crippen MR) is 86.5 cm³/mol. The van der Waals surface area contributed by atoms with Crippen molar-refractivity contribution < 1.29 is 4.74 Å². The first-order valence-electron chi connectivity index (χ1n) is 9.12. The minimum Gasteiger partial charge on any atom is -0.375 e. The maximum Gasteiger partial charge on any atom is 0.0697 e. The fourth-order valence-electron chi connectivity index (χ4n) is 4.58. The summed E-state index contributed by atoms with van der Waals surface area (Å²) in [4.78, 5) is 5.38. The maximum absolute atomic E-state index is 6.20. The van der Waals surface area contributed by atoms with Gasteiger partial charge in [0.25, 0.3) is 0 Å². The lowest BCUT2D eigenvalue weighted by Crippen LogP contribution is -2.48. The van der Waals surface area contributed by atoms with Crippen molar-refractivity contribution in [3.63, 3.8) is 0 Å². The Morgan fingerprint density at radius 1 is 1.05 bits per heavy atom. The summed E-state index contributed by atoms with van der Waals surface area (Å²) in [6.07, 6.45) is 10.3. The van der Waals surface area contributed by atoms with E-state index in [0.29, 0.717) is 0 Å². The summed E-state index contributed by atoms with van der Waals surface area (Å²) < 4.78 is 6.20. The molecule has 1 spiro atoms. The number of nitrogens with zero attached hydrogens (tertiary/aromatic N) is 2. The predicted octanol–water partition coefficient (Wildman–Crippen LogP) is 1.83. The molecule has 1 aliphatic carbocycles. The molecule has 3 rings (SSSR count). The molecule has 0 bridgehead atoms. The van der Waals surface area contributed by atoms with Gasteiger partial charge in [-0.3, -0.25) is 4.90 Å². The van der Waals surface area contributed by atoms with E-state index >= 15 is 0 Å². The number of ether oxygens (including phenoxy) is 1. The number of rotatable bonds is 4. The van der Waals surface area contributed by atoms with Gasteiger partial charge in [-0.1, -0.05) is 12.8 Å². The van der Waals surface area contributed by atoms with Gasteiger partial charge in [0.05, 0.1) is 5.60 Å². The smallest absolute Gasteiger partial charge is 0.0697 e. The molecule has 0 radical (unpaired) electrons. The monoisotopic (exact) mass is 295 g/mol. The molecular weight excluding hydrogens is 262 g/mol. The Labute approximate surface area is 130 Å². The summed E-state index contributed by atoms with van der Waals surface area (Å²) in [5.41, 5.74) is 5.90. The Hall–Kier alpha value is -0.160. The van der Waals surface area contributed by atoms with Gasteiger partial charge in [0.15, 0.2) is 0 Å². The Balaban J connectivity index is 1.52. The van der Waals surface area contributed by atoms with Crippen molar-refractivity contribution in [2.24, 2.45) is 5.73 Å². The zero-order valence-electron chi connectivity index (χ0n) is 13.6. The number of nitrogens with two attached hydrogens (primary N) is 1. The minimum atomic E-state index is 0.258. The Kier molecular flexibility index (Phi) is 5.54. The first-order chi connectivity index (χ1) is 10.3. The van der Waals surface area contributed by atoms with E-state index in [1.165, 1.54) is 77.7 Å². The molecule has 0 aromatic carbocycles. The van der Waals surface area contributed by atoms with E-state index in [2.05, 4.69) is 9.80 Å². The molecule has 1 saturated carbocycles. The van der Waals surface area contributed by atoms with Crippen LogP contribution in [0.25, 0.3) is 0 Å². The lowest BCUT2D eigenvalue weighted by Gasteiger charge is -2.42. The molecule has 0 aromatic rings. The van der Waals surface area contributed by atoms with Gasteiger partial charge >= 0.3 is 0 Å². The van der Waals surface area contributed by atoms with Crippen molar-refractivity contribution in [3.05, 3.63) is 0 Å². The third-order valence-electron chi connectivity index (χ3n) is 5.80. The fourth-order valence-corrected chi connectivity index (χ4v) is 4.58. The molecule has 4 nitrogen and oxygen atoms in total. The van der Waals surface area contributed by atoms with Crippen molar-refractivity contribution in [1.82, 2.24) is 9.80 Å². The normalized spacial score (nSPS) is 31.6. The standard InChI is InChI=1S/C17H33N3O/c18-8-3-9-19-10-4-11-20(13-12-19)16-5-14-21-17(15-16)6-1-2-7-17/h16H,1-15,18H2. The Morgan fingerprint density at radius 2 is 1.90 bits per heavy atom. The van der Waals surface area contributed by atoms with Crippen LogP contribution in [0.4, 0.5) is 0 Å². The van der Waals surface area contributed by atoms with Gasteiger partial charge in [-0.25, -0.2) is 0 Å². The quantitative estimate of drug-likeness (QED) is 0.859. The van der Waals surface area contributed by atoms with Crippen molar-refractivity contribution in [2.75, 3.05) is 45.9 Å². The van der Waals surface area contributed by atoms with E-state index in [1.54, 1.807) is 0 Å². The first kappa shape index (κ1) is 15.7. The van der Waals surface area contributed by atoms with Crippen LogP contribution >= 0.6 is 0 Å². The summed E-state index contributed by atoms with van der Waals surface area (Å²) in [5, 5.41) is 0. The summed E-state index contributed by atoms with van der Waals surface area (Å²) >= 11 is 0. The molecule has 2 heterocycles. The van der Waals surface area contributed by atoms with E-state index in [0.717, 1.165) is 25.6 Å². The second-order valence-corrected chi connectivity index (χ2v) is 7.26. The number of hydrogen-bond donors (Lipinski definition) is 1. The van der Waals surface area contributed by atoms with Crippen LogP contribution in [-0.2, 0) is 4.74 Å². The lowest BCUT2D eigenvalue weighted by atomic mass is 9.88. The molecule has 1 unspecified atom stereocenters. The van der Waals surface area contributed by atoms with E-state index in [4.69, 9.17) is 10.5 Å². The van der Waals surface area contributed by atoms with Gasteiger partial charge < -0.3 is 15.4 Å². The molecule has 21 heavy (non-hydrogen) atoms. The molecule has 4 heteroatoms. The molecule has 1 atom stereocenters. The van der Waals surface area contributed by atoms with Crippen molar-refractivity contribution in [3.8, 4) is 0 Å². The van der Waals surface area contributed by atoms with Gasteiger partial charge in [0, 0.05) is 25.7 Å². The SMILES string of the molecule is NCCCN1CCCN(C2CCOC3(CCCC3)C2)CC1. The molecule has 0 aromatic heterocycles. The van der Waals surface area contributed by atoms with Gasteiger partial charge in [-0.15, -0.1) is 0 Å². The highest BCUT2D eigenvalue weighted by atomic mass is 16.5. The van der Waals surface area contributed by atoms with Crippen LogP contribution in [0.2, 0.25) is 0 Å². The van der Waals surface area contributed by atoms with Gasteiger partial charge in [0.2, 0.25) is 0 Å². The molecule has 122 valence electrons. The molecule has 3 aliphatic rings. The van der Waals surface area contributed by atoms with E-state index in [-0.39, 0.29) is 5.60 Å². The van der Waals surface area contributed by atoms with Crippen LogP contribution in [-0.4, -0.2) is 67.3 Å². The molecule has 2 saturated heterocycles. The van der Waals surface area contributed by atoms with Crippen LogP contribution in [0.5, 0.6) is 0 Å². The average molecular weight is 295 g/mol. The Morgan fingerprint density at radius 3 is 2.71 bits per heavy atom. The first-order valence-corrected chi connectivity index (χ1v) is 9.12. The van der Waals surface area contributed by atoms with Crippen LogP contribution in [0, 0.1) is 0 Å². The van der Waals surface area contributed by atoms with Crippen LogP contribution in [0.3, 0.4) is 0 Å². The summed E-state index contributed by atoms with van der Waals surface area (Å²) in [6.45, 7) is 7.99. The van der Waals surface area contributed by atoms with Crippen molar-refractivity contribution >= 4 is 0 Å². The topological polar surface area (TPSA) is 41.7 Å². The molecule has 0 amide bonds. The molecule has 2 N–H and O–H groups in total. The minimum absolute atomic E-state index is 0.258. The lowest BCUT2D eigenvalue weighted by molar-refractivity contribution is -0.101. The van der Waals surface area contributed by atoms with Gasteiger partial charge in [0.1, 0.15) is 0 Å². The fraction of sp³-hybridized carbons (Fsp3) is 1.00. The zero-order chi connectivity index (χ0) is 14.5. The summed E-state index contributed by atoms with van der Waals surface area (Å²) in [7, 11) is 0. The third kappa shape index (κ3) is 3.98. The van der Waals surface area contributed by atoms with E-state index in [1.807, 2.05) is 0 Å². The van der Waals surface area contributed by atoms with Crippen LogP contribution in [0.1, 0.15) is 51.4 Å². The average Bonchev–Trinajstić information content (AvgIpc) is 2.82. The second kappa shape index (κ2) is 7.40. The van der Waals surface area contributed by atoms with Crippen LogP contribution < -0.4 is 5.73 Å². The van der Waals surface area contributed by atoms with Gasteiger partial charge in [-0.2, -0.15) is 0 Å². The summed E-state index contributed by atoms with van der Waals surface area (Å²) in [6, 6.07) is 0.770. The number of hydrogen-bond acceptors (Lipinski definition) is 4. The highest BCUT2D eigenvalue weighted by Crippen LogP contribution is 2.41. The van der Waals surface area contributed by atoms with E-state index in [9.17, 15) is 0 Å². The maximum atomic E-state index is 6.20.